The summed E-state index contributed by atoms with van der Waals surface area (Å²) in [5.41, 5.74) is 0.733. The van der Waals surface area contributed by atoms with Crippen LogP contribution in [0.15, 0.2) is 36.4 Å². The van der Waals surface area contributed by atoms with Gasteiger partial charge < -0.3 is 24.8 Å². The third-order valence-electron chi connectivity index (χ3n) is 3.30. The minimum atomic E-state index is -0.586. The van der Waals surface area contributed by atoms with Crippen molar-refractivity contribution >= 4 is 34.7 Å². The molecule has 6 nitrogen and oxygen atoms in total. The quantitative estimate of drug-likeness (QED) is 0.622. The third kappa shape index (κ3) is 4.36. The van der Waals surface area contributed by atoms with Crippen LogP contribution in [0.4, 0.5) is 15.8 Å². The highest BCUT2D eigenvalue weighted by Crippen LogP contribution is 2.33. The zero-order chi connectivity index (χ0) is 18.4. The second kappa shape index (κ2) is 8.29. The van der Waals surface area contributed by atoms with Crippen LogP contribution in [0.25, 0.3) is 0 Å². The van der Waals surface area contributed by atoms with Gasteiger partial charge >= 0.3 is 5.97 Å². The van der Waals surface area contributed by atoms with Crippen molar-refractivity contribution in [2.24, 2.45) is 0 Å². The van der Waals surface area contributed by atoms with Gasteiger partial charge in [-0.3, -0.25) is 0 Å². The first-order valence-electron chi connectivity index (χ1n) is 7.17. The molecule has 0 saturated heterocycles. The number of carbonyl (C=O) groups excluding carboxylic acids is 1. The predicted molar refractivity (Wildman–Crippen MR) is 97.1 cm³/mol. The Hall–Kier alpha value is -2.87. The van der Waals surface area contributed by atoms with Crippen LogP contribution in [0, 0.1) is 5.82 Å². The minimum absolute atomic E-state index is 0.0995. The van der Waals surface area contributed by atoms with Crippen LogP contribution in [-0.4, -0.2) is 32.4 Å². The maximum absolute atomic E-state index is 13.7. The standard InChI is InChI=1S/C17H17FN2O4S/c1-22-14-8-10(16(21)24-3)13(9-15(14)23-2)20-17(25)19-12-7-5-4-6-11(12)18/h4-9H,1-3H3,(H2,19,20,25). The normalized spacial score (nSPS) is 9.92. The van der Waals surface area contributed by atoms with Crippen LogP contribution in [-0.2, 0) is 4.74 Å². The van der Waals surface area contributed by atoms with E-state index < -0.39 is 11.8 Å². The van der Waals surface area contributed by atoms with Gasteiger partial charge in [-0.1, -0.05) is 12.1 Å². The number of para-hydroxylation sites is 1. The molecule has 2 rings (SSSR count). The number of esters is 1. The van der Waals surface area contributed by atoms with E-state index in [1.165, 1.54) is 33.5 Å². The first-order valence-corrected chi connectivity index (χ1v) is 7.57. The van der Waals surface area contributed by atoms with Crippen LogP contribution in [0.3, 0.4) is 0 Å². The zero-order valence-electron chi connectivity index (χ0n) is 13.9. The summed E-state index contributed by atoms with van der Waals surface area (Å²) in [6, 6.07) is 9.10. The molecule has 0 heterocycles. The lowest BCUT2D eigenvalue weighted by molar-refractivity contribution is 0.0601. The van der Waals surface area contributed by atoms with E-state index >= 15 is 0 Å². The molecule has 0 atom stereocenters. The van der Waals surface area contributed by atoms with Crippen molar-refractivity contribution in [2.75, 3.05) is 32.0 Å². The number of hydrogen-bond donors (Lipinski definition) is 2. The van der Waals surface area contributed by atoms with Crippen molar-refractivity contribution in [3.8, 4) is 11.5 Å². The Morgan fingerprint density at radius 3 is 2.20 bits per heavy atom. The topological polar surface area (TPSA) is 68.8 Å². The first-order chi connectivity index (χ1) is 12.0. The second-order valence-electron chi connectivity index (χ2n) is 4.80. The smallest absolute Gasteiger partial charge is 0.340 e. The Labute approximate surface area is 149 Å². The van der Waals surface area contributed by atoms with Gasteiger partial charge in [0.25, 0.3) is 0 Å². The average Bonchev–Trinajstić information content (AvgIpc) is 2.62. The number of anilines is 2. The number of carbonyl (C=O) groups is 1. The number of rotatable bonds is 5. The summed E-state index contributed by atoms with van der Waals surface area (Å²) < 4.78 is 28.9. The van der Waals surface area contributed by atoms with Crippen LogP contribution in [0.2, 0.25) is 0 Å². The molecule has 25 heavy (non-hydrogen) atoms. The summed E-state index contributed by atoms with van der Waals surface area (Å²) in [6.07, 6.45) is 0. The molecule has 0 aliphatic carbocycles. The van der Waals surface area contributed by atoms with Crippen molar-refractivity contribution in [1.82, 2.24) is 0 Å². The number of methoxy groups -OCH3 is 3. The van der Waals surface area contributed by atoms with Crippen molar-refractivity contribution in [3.63, 3.8) is 0 Å². The summed E-state index contributed by atoms with van der Waals surface area (Å²) in [6.45, 7) is 0. The van der Waals surface area contributed by atoms with E-state index in [4.69, 9.17) is 26.4 Å². The molecule has 2 N–H and O–H groups in total. The maximum Gasteiger partial charge on any atom is 0.340 e. The second-order valence-corrected chi connectivity index (χ2v) is 5.21. The Kier molecular flexibility index (Phi) is 6.13. The number of hydrogen-bond acceptors (Lipinski definition) is 5. The first kappa shape index (κ1) is 18.5. The predicted octanol–water partition coefficient (Wildman–Crippen LogP) is 3.44. The van der Waals surface area contributed by atoms with Crippen LogP contribution in [0.1, 0.15) is 10.4 Å². The van der Waals surface area contributed by atoms with Crippen molar-refractivity contribution in [3.05, 3.63) is 47.8 Å². The van der Waals surface area contributed by atoms with E-state index in [2.05, 4.69) is 10.6 Å². The summed E-state index contributed by atoms with van der Waals surface area (Å²) in [5, 5.41) is 5.67. The molecule has 0 amide bonds. The molecule has 0 aliphatic rings. The summed E-state index contributed by atoms with van der Waals surface area (Å²) >= 11 is 5.19. The minimum Gasteiger partial charge on any atom is -0.493 e. The highest BCUT2D eigenvalue weighted by Gasteiger charge is 2.18. The largest absolute Gasteiger partial charge is 0.493 e. The SMILES string of the molecule is COC(=O)c1cc(OC)c(OC)cc1NC(=S)Nc1ccccc1F. The number of thiocarbonyl (C=S) groups is 1. The number of halogens is 1. The molecule has 0 bridgehead atoms. The van der Waals surface area contributed by atoms with Crippen LogP contribution in [0.5, 0.6) is 11.5 Å². The highest BCUT2D eigenvalue weighted by atomic mass is 32.1. The molecule has 0 fully saturated rings. The monoisotopic (exact) mass is 364 g/mol. The molecule has 0 aliphatic heterocycles. The number of benzene rings is 2. The fourth-order valence-corrected chi connectivity index (χ4v) is 2.32. The van der Waals surface area contributed by atoms with Gasteiger partial charge in [0.2, 0.25) is 0 Å². The maximum atomic E-state index is 13.7. The molecule has 132 valence electrons. The third-order valence-corrected chi connectivity index (χ3v) is 3.50. The lowest BCUT2D eigenvalue weighted by Crippen LogP contribution is -2.21. The molecule has 2 aromatic carbocycles. The fourth-order valence-electron chi connectivity index (χ4n) is 2.10. The van der Waals surface area contributed by atoms with Crippen molar-refractivity contribution in [1.29, 1.82) is 0 Å². The fraction of sp³-hybridized carbons (Fsp3) is 0.176. The Morgan fingerprint density at radius 2 is 1.60 bits per heavy atom. The summed E-state index contributed by atoms with van der Waals surface area (Å²) in [4.78, 5) is 12.0. The lowest BCUT2D eigenvalue weighted by Gasteiger charge is -2.16. The molecule has 8 heteroatoms. The molecular formula is C17H17FN2O4S. The number of ether oxygens (including phenoxy) is 3. The highest BCUT2D eigenvalue weighted by molar-refractivity contribution is 7.80. The van der Waals surface area contributed by atoms with E-state index in [-0.39, 0.29) is 16.4 Å². The molecule has 0 unspecified atom stereocenters. The number of nitrogens with one attached hydrogen (secondary N) is 2. The Morgan fingerprint density at radius 1 is 1.00 bits per heavy atom. The Balaban J connectivity index is 2.32. The van der Waals surface area contributed by atoms with Crippen molar-refractivity contribution in [2.45, 2.75) is 0 Å². The van der Waals surface area contributed by atoms with Crippen LogP contribution < -0.4 is 20.1 Å². The van der Waals surface area contributed by atoms with Gasteiger partial charge in [-0.05, 0) is 24.4 Å². The van der Waals surface area contributed by atoms with E-state index in [9.17, 15) is 9.18 Å². The summed E-state index contributed by atoms with van der Waals surface area (Å²) in [5.74, 6) is -0.280. The van der Waals surface area contributed by atoms with E-state index in [0.717, 1.165) is 0 Å². The average molecular weight is 364 g/mol. The van der Waals surface area contributed by atoms with Gasteiger partial charge in [-0.15, -0.1) is 0 Å². The molecule has 0 aromatic heterocycles. The lowest BCUT2D eigenvalue weighted by atomic mass is 10.1. The zero-order valence-corrected chi connectivity index (χ0v) is 14.7. The van der Waals surface area contributed by atoms with E-state index in [1.54, 1.807) is 24.3 Å². The molecular weight excluding hydrogens is 347 g/mol. The van der Waals surface area contributed by atoms with Gasteiger partial charge in [0.1, 0.15) is 5.82 Å². The van der Waals surface area contributed by atoms with E-state index in [1.807, 2.05) is 0 Å². The van der Waals surface area contributed by atoms with Gasteiger partial charge in [-0.2, -0.15) is 0 Å². The van der Waals surface area contributed by atoms with Gasteiger partial charge in [0.15, 0.2) is 16.6 Å². The molecule has 0 saturated carbocycles. The van der Waals surface area contributed by atoms with E-state index in [0.29, 0.717) is 17.2 Å². The van der Waals surface area contributed by atoms with Gasteiger partial charge in [0, 0.05) is 12.1 Å². The molecule has 2 aromatic rings. The summed E-state index contributed by atoms with van der Waals surface area (Å²) in [7, 11) is 4.19. The van der Waals surface area contributed by atoms with Crippen molar-refractivity contribution < 1.29 is 23.4 Å². The Bertz CT molecular complexity index is 798. The van der Waals surface area contributed by atoms with Crippen LogP contribution >= 0.6 is 12.2 Å². The molecule has 0 radical (unpaired) electrons. The van der Waals surface area contributed by atoms with Gasteiger partial charge in [0.05, 0.1) is 38.3 Å². The van der Waals surface area contributed by atoms with Gasteiger partial charge in [-0.25, -0.2) is 9.18 Å². The molecule has 0 spiro atoms.